The van der Waals surface area contributed by atoms with E-state index in [-0.39, 0.29) is 37.7 Å². The van der Waals surface area contributed by atoms with Crippen molar-refractivity contribution in [1.82, 2.24) is 0 Å². The van der Waals surface area contributed by atoms with Gasteiger partial charge in [-0.1, -0.05) is 136 Å². The Morgan fingerprint density at radius 2 is 0.610 bits per heavy atom. The van der Waals surface area contributed by atoms with E-state index in [0.717, 1.165) is 57.8 Å². The van der Waals surface area contributed by atoms with Gasteiger partial charge in [0.05, 0.1) is 5.41 Å². The molecule has 0 aromatic carbocycles. The van der Waals surface area contributed by atoms with E-state index in [1.165, 1.54) is 77.0 Å². The highest BCUT2D eigenvalue weighted by Gasteiger charge is 2.30. The molecule has 41 heavy (non-hydrogen) atoms. The van der Waals surface area contributed by atoms with Crippen molar-refractivity contribution < 1.29 is 28.6 Å². The Morgan fingerprint density at radius 3 is 0.854 bits per heavy atom. The second-order valence-electron chi connectivity index (χ2n) is 12.4. The van der Waals surface area contributed by atoms with E-state index in [1.54, 1.807) is 0 Å². The largest absolute Gasteiger partial charge is 0.465 e. The van der Waals surface area contributed by atoms with Gasteiger partial charge in [0.2, 0.25) is 0 Å². The van der Waals surface area contributed by atoms with Crippen molar-refractivity contribution in [3.63, 3.8) is 0 Å². The molecular weight excluding hydrogens is 516 g/mol. The van der Waals surface area contributed by atoms with Crippen LogP contribution in [0.2, 0.25) is 0 Å². The van der Waals surface area contributed by atoms with Crippen molar-refractivity contribution in [2.45, 2.75) is 182 Å². The van der Waals surface area contributed by atoms with Crippen LogP contribution in [0.15, 0.2) is 0 Å². The van der Waals surface area contributed by atoms with Crippen LogP contribution in [0.4, 0.5) is 0 Å². The van der Waals surface area contributed by atoms with Crippen molar-refractivity contribution in [2.75, 3.05) is 19.8 Å². The maximum Gasteiger partial charge on any atom is 0.305 e. The van der Waals surface area contributed by atoms with Crippen LogP contribution in [0.1, 0.15) is 182 Å². The van der Waals surface area contributed by atoms with Gasteiger partial charge in [-0.3, -0.25) is 14.4 Å². The molecule has 0 fully saturated rings. The van der Waals surface area contributed by atoms with Crippen molar-refractivity contribution in [3.8, 4) is 0 Å². The number of esters is 3. The van der Waals surface area contributed by atoms with Gasteiger partial charge in [0, 0.05) is 19.3 Å². The number of carbonyl (C=O) groups excluding carboxylic acids is 3. The lowest BCUT2D eigenvalue weighted by Gasteiger charge is -2.28. The van der Waals surface area contributed by atoms with Crippen molar-refractivity contribution in [3.05, 3.63) is 0 Å². The van der Waals surface area contributed by atoms with E-state index < -0.39 is 5.41 Å². The first-order chi connectivity index (χ1) is 19.9. The number of hydrogen-bond donors (Lipinski definition) is 0. The first kappa shape index (κ1) is 39.4. The van der Waals surface area contributed by atoms with Crippen LogP contribution in [0.5, 0.6) is 0 Å². The molecular formula is C35H66O6. The lowest BCUT2D eigenvalue weighted by atomic mass is 9.94. The van der Waals surface area contributed by atoms with E-state index in [2.05, 4.69) is 20.8 Å². The number of hydrogen-bond acceptors (Lipinski definition) is 6. The maximum absolute atomic E-state index is 12.4. The second kappa shape index (κ2) is 28.5. The van der Waals surface area contributed by atoms with E-state index in [9.17, 15) is 14.4 Å². The first-order valence-corrected chi connectivity index (χ1v) is 17.3. The normalized spacial score (nSPS) is 11.4. The second-order valence-corrected chi connectivity index (χ2v) is 12.4. The smallest absolute Gasteiger partial charge is 0.305 e. The van der Waals surface area contributed by atoms with Crippen LogP contribution in [0.25, 0.3) is 0 Å². The topological polar surface area (TPSA) is 78.9 Å². The van der Waals surface area contributed by atoms with Gasteiger partial charge in [-0.2, -0.15) is 0 Å². The van der Waals surface area contributed by atoms with Gasteiger partial charge >= 0.3 is 17.9 Å². The van der Waals surface area contributed by atoms with Crippen molar-refractivity contribution in [2.24, 2.45) is 5.41 Å². The number of ether oxygens (including phenoxy) is 3. The zero-order valence-corrected chi connectivity index (χ0v) is 27.5. The molecule has 0 saturated carbocycles. The molecule has 0 bridgehead atoms. The van der Waals surface area contributed by atoms with E-state index in [1.807, 2.05) is 6.92 Å². The van der Waals surface area contributed by atoms with E-state index >= 15 is 0 Å². The number of carbonyl (C=O) groups is 3. The van der Waals surface area contributed by atoms with Crippen LogP contribution in [0.3, 0.4) is 0 Å². The molecule has 6 heteroatoms. The number of rotatable bonds is 30. The average Bonchev–Trinajstić information content (AvgIpc) is 2.96. The minimum absolute atomic E-state index is 0.0672. The lowest BCUT2D eigenvalue weighted by molar-refractivity contribution is -0.160. The fourth-order valence-electron chi connectivity index (χ4n) is 4.79. The van der Waals surface area contributed by atoms with E-state index in [0.29, 0.717) is 19.3 Å². The predicted molar refractivity (Wildman–Crippen MR) is 169 cm³/mol. The van der Waals surface area contributed by atoms with Crippen LogP contribution in [0, 0.1) is 5.41 Å². The highest BCUT2D eigenvalue weighted by atomic mass is 16.6. The molecule has 0 aromatic rings. The Hall–Kier alpha value is -1.59. The van der Waals surface area contributed by atoms with Crippen LogP contribution < -0.4 is 0 Å². The molecule has 0 spiro atoms. The summed E-state index contributed by atoms with van der Waals surface area (Å²) in [5.74, 6) is -0.726. The summed E-state index contributed by atoms with van der Waals surface area (Å²) in [6.07, 6.45) is 25.1. The molecule has 0 N–H and O–H groups in total. The molecule has 242 valence electrons. The molecule has 0 heterocycles. The highest BCUT2D eigenvalue weighted by molar-refractivity contribution is 5.70. The van der Waals surface area contributed by atoms with Gasteiger partial charge in [-0.25, -0.2) is 0 Å². The molecule has 0 aromatic heterocycles. The predicted octanol–water partition coefficient (Wildman–Crippen LogP) is 10.0. The fourth-order valence-corrected chi connectivity index (χ4v) is 4.79. The monoisotopic (exact) mass is 582 g/mol. The Balaban J connectivity index is 4.53. The van der Waals surface area contributed by atoms with Crippen molar-refractivity contribution >= 4 is 17.9 Å². The Morgan fingerprint density at radius 1 is 0.390 bits per heavy atom. The zero-order valence-electron chi connectivity index (χ0n) is 27.5. The molecule has 0 unspecified atom stereocenters. The first-order valence-electron chi connectivity index (χ1n) is 17.3. The summed E-state index contributed by atoms with van der Waals surface area (Å²) in [5, 5.41) is 0. The van der Waals surface area contributed by atoms with Gasteiger partial charge < -0.3 is 14.2 Å². The molecule has 0 amide bonds. The van der Waals surface area contributed by atoms with Gasteiger partial charge in [0.15, 0.2) is 0 Å². The van der Waals surface area contributed by atoms with Gasteiger partial charge in [-0.15, -0.1) is 0 Å². The summed E-state index contributed by atoms with van der Waals surface area (Å²) >= 11 is 0. The van der Waals surface area contributed by atoms with Crippen LogP contribution in [-0.2, 0) is 28.6 Å². The Kier molecular flexibility index (Phi) is 27.4. The highest BCUT2D eigenvalue weighted by Crippen LogP contribution is 2.21. The van der Waals surface area contributed by atoms with E-state index in [4.69, 9.17) is 14.2 Å². The number of unbranched alkanes of at least 4 members (excludes halogenated alkanes) is 18. The molecule has 0 rings (SSSR count). The summed E-state index contributed by atoms with van der Waals surface area (Å²) in [5.41, 5.74) is -0.762. The minimum Gasteiger partial charge on any atom is -0.465 e. The molecule has 0 aliphatic carbocycles. The van der Waals surface area contributed by atoms with Gasteiger partial charge in [0.25, 0.3) is 0 Å². The fraction of sp³-hybridized carbons (Fsp3) is 0.914. The zero-order chi connectivity index (χ0) is 30.4. The third-order valence-corrected chi connectivity index (χ3v) is 7.70. The summed E-state index contributed by atoms with van der Waals surface area (Å²) in [6.45, 7) is 8.68. The molecule has 0 saturated heterocycles. The quantitative estimate of drug-likeness (QED) is 0.0476. The van der Waals surface area contributed by atoms with Gasteiger partial charge in [0.1, 0.15) is 19.8 Å². The Labute approximate surface area is 253 Å². The standard InChI is InChI=1S/C35H66O6/c1-5-8-11-14-17-20-23-26-32(36)39-29-35(4,30-40-33(37)27-24-21-18-15-12-9-6-2)31-41-34(38)28-25-22-19-16-13-10-7-3/h5-31H2,1-4H3. The third-order valence-electron chi connectivity index (χ3n) is 7.70. The molecule has 0 radical (unpaired) electrons. The maximum atomic E-state index is 12.4. The third kappa shape index (κ3) is 27.0. The molecule has 0 aliphatic rings. The summed E-state index contributed by atoms with van der Waals surface area (Å²) < 4.78 is 16.8. The SMILES string of the molecule is CCCCCCCCCC(=O)OCC(C)(COC(=O)CCCCCCCCC)COC(=O)CCCCCCCCC. The minimum atomic E-state index is -0.762. The summed E-state index contributed by atoms with van der Waals surface area (Å²) in [4.78, 5) is 37.2. The van der Waals surface area contributed by atoms with Gasteiger partial charge in [-0.05, 0) is 26.2 Å². The molecule has 0 atom stereocenters. The lowest BCUT2D eigenvalue weighted by Crippen LogP contribution is -2.37. The molecule has 0 aliphatic heterocycles. The summed E-state index contributed by atoms with van der Waals surface area (Å²) in [7, 11) is 0. The molecule has 6 nitrogen and oxygen atoms in total. The Bertz CT molecular complexity index is 549. The average molecular weight is 583 g/mol. The van der Waals surface area contributed by atoms with Crippen LogP contribution in [-0.4, -0.2) is 37.7 Å². The van der Waals surface area contributed by atoms with Crippen molar-refractivity contribution in [1.29, 1.82) is 0 Å². The summed E-state index contributed by atoms with van der Waals surface area (Å²) in [6, 6.07) is 0. The van der Waals surface area contributed by atoms with Crippen LogP contribution >= 0.6 is 0 Å².